The van der Waals surface area contributed by atoms with Gasteiger partial charge in [-0.2, -0.15) is 0 Å². The van der Waals surface area contributed by atoms with Crippen LogP contribution in [0, 0.1) is 6.92 Å². The lowest BCUT2D eigenvalue weighted by Gasteiger charge is -2.24. The number of imidazole rings is 1. The van der Waals surface area contributed by atoms with Crippen molar-refractivity contribution < 1.29 is 0 Å². The van der Waals surface area contributed by atoms with E-state index in [1.807, 2.05) is 0 Å². The van der Waals surface area contributed by atoms with E-state index in [1.54, 1.807) is 0 Å². The molecule has 3 rings (SSSR count). The number of nitrogens with zero attached hydrogens (tertiary/aromatic N) is 1. The highest BCUT2D eigenvalue weighted by atomic mass is 15.0. The van der Waals surface area contributed by atoms with Crippen molar-refractivity contribution in [3.8, 4) is 0 Å². The molecule has 2 N–H and O–H groups in total. The summed E-state index contributed by atoms with van der Waals surface area (Å²) in [5.41, 5.74) is 5.05. The van der Waals surface area contributed by atoms with E-state index in [4.69, 9.17) is 0 Å². The molecule has 1 aliphatic rings. The quantitative estimate of drug-likeness (QED) is 0.805. The minimum atomic E-state index is 0.581. The Kier molecular flexibility index (Phi) is 2.21. The van der Waals surface area contributed by atoms with Gasteiger partial charge in [0.1, 0.15) is 5.82 Å². The SMILES string of the molecule is CCc1cc2nc(C3CNC3)[nH]c2cc1C. The highest BCUT2D eigenvalue weighted by Crippen LogP contribution is 2.23. The molecule has 0 bridgehead atoms. The molecule has 84 valence electrons. The molecule has 1 fully saturated rings. The van der Waals surface area contributed by atoms with E-state index in [1.165, 1.54) is 16.6 Å². The van der Waals surface area contributed by atoms with E-state index in [9.17, 15) is 0 Å². The fourth-order valence-corrected chi connectivity index (χ4v) is 2.28. The molecule has 2 aromatic rings. The van der Waals surface area contributed by atoms with E-state index < -0.39 is 0 Å². The number of nitrogens with one attached hydrogen (secondary N) is 2. The van der Waals surface area contributed by atoms with Gasteiger partial charge in [-0.1, -0.05) is 6.92 Å². The van der Waals surface area contributed by atoms with Gasteiger partial charge in [-0.25, -0.2) is 4.98 Å². The fourth-order valence-electron chi connectivity index (χ4n) is 2.28. The predicted octanol–water partition coefficient (Wildman–Crippen LogP) is 2.12. The number of aromatic nitrogens is 2. The second kappa shape index (κ2) is 3.59. The van der Waals surface area contributed by atoms with Crippen molar-refractivity contribution in [1.29, 1.82) is 0 Å². The van der Waals surface area contributed by atoms with Crippen molar-refractivity contribution in [2.45, 2.75) is 26.2 Å². The summed E-state index contributed by atoms with van der Waals surface area (Å²) in [5, 5.41) is 3.28. The standard InChI is InChI=1S/C13H17N3/c1-3-9-5-12-11(4-8(9)2)15-13(16-12)10-6-14-7-10/h4-5,10,14H,3,6-7H2,1-2H3,(H,15,16). The molecule has 3 heteroatoms. The van der Waals surface area contributed by atoms with Gasteiger partial charge in [0, 0.05) is 19.0 Å². The molecule has 0 aliphatic carbocycles. The van der Waals surface area contributed by atoms with Gasteiger partial charge < -0.3 is 10.3 Å². The first-order chi connectivity index (χ1) is 7.78. The van der Waals surface area contributed by atoms with Crippen LogP contribution in [0.25, 0.3) is 11.0 Å². The van der Waals surface area contributed by atoms with E-state index in [0.717, 1.165) is 30.9 Å². The van der Waals surface area contributed by atoms with Crippen LogP contribution in [0.3, 0.4) is 0 Å². The Morgan fingerprint density at radius 2 is 2.19 bits per heavy atom. The summed E-state index contributed by atoms with van der Waals surface area (Å²) in [5.74, 6) is 1.72. The van der Waals surface area contributed by atoms with Gasteiger partial charge in [0.05, 0.1) is 11.0 Å². The lowest BCUT2D eigenvalue weighted by molar-refractivity contribution is 0.433. The highest BCUT2D eigenvalue weighted by Gasteiger charge is 2.22. The van der Waals surface area contributed by atoms with Crippen molar-refractivity contribution >= 4 is 11.0 Å². The minimum Gasteiger partial charge on any atom is -0.342 e. The second-order valence-electron chi connectivity index (χ2n) is 4.63. The normalized spacial score (nSPS) is 16.6. The maximum absolute atomic E-state index is 4.69. The zero-order chi connectivity index (χ0) is 11.1. The number of hydrogen-bond acceptors (Lipinski definition) is 2. The van der Waals surface area contributed by atoms with Crippen LogP contribution in [-0.4, -0.2) is 23.1 Å². The summed E-state index contributed by atoms with van der Waals surface area (Å²) in [6.07, 6.45) is 1.08. The Morgan fingerprint density at radius 3 is 2.81 bits per heavy atom. The first-order valence-electron chi connectivity index (χ1n) is 5.97. The first-order valence-corrected chi connectivity index (χ1v) is 5.97. The average Bonchev–Trinajstić information content (AvgIpc) is 2.55. The Labute approximate surface area is 95.3 Å². The Bertz CT molecular complexity index is 523. The largest absolute Gasteiger partial charge is 0.342 e. The number of rotatable bonds is 2. The summed E-state index contributed by atoms with van der Waals surface area (Å²) < 4.78 is 0. The van der Waals surface area contributed by atoms with Gasteiger partial charge in [-0.3, -0.25) is 0 Å². The third kappa shape index (κ3) is 1.43. The van der Waals surface area contributed by atoms with Gasteiger partial charge in [-0.15, -0.1) is 0 Å². The molecule has 0 spiro atoms. The molecule has 0 saturated carbocycles. The van der Waals surface area contributed by atoms with E-state index in [-0.39, 0.29) is 0 Å². The molecule has 1 aliphatic heterocycles. The van der Waals surface area contributed by atoms with Crippen LogP contribution in [-0.2, 0) is 6.42 Å². The minimum absolute atomic E-state index is 0.581. The molecule has 0 atom stereocenters. The van der Waals surface area contributed by atoms with Crippen LogP contribution >= 0.6 is 0 Å². The van der Waals surface area contributed by atoms with Crippen LogP contribution in [0.4, 0.5) is 0 Å². The molecule has 0 radical (unpaired) electrons. The van der Waals surface area contributed by atoms with Crippen LogP contribution in [0.2, 0.25) is 0 Å². The van der Waals surface area contributed by atoms with Crippen LogP contribution < -0.4 is 5.32 Å². The average molecular weight is 215 g/mol. The van der Waals surface area contributed by atoms with Gasteiger partial charge in [0.2, 0.25) is 0 Å². The lowest BCUT2D eigenvalue weighted by atomic mass is 10.0. The smallest absolute Gasteiger partial charge is 0.112 e. The van der Waals surface area contributed by atoms with Gasteiger partial charge in [0.15, 0.2) is 0 Å². The summed E-state index contributed by atoms with van der Waals surface area (Å²) in [4.78, 5) is 8.13. The molecule has 2 heterocycles. The van der Waals surface area contributed by atoms with E-state index >= 15 is 0 Å². The van der Waals surface area contributed by atoms with E-state index in [2.05, 4.69) is 41.3 Å². The lowest BCUT2D eigenvalue weighted by Crippen LogP contribution is -2.40. The van der Waals surface area contributed by atoms with Crippen LogP contribution in [0.1, 0.15) is 29.8 Å². The number of hydrogen-bond donors (Lipinski definition) is 2. The summed E-state index contributed by atoms with van der Waals surface area (Å²) >= 11 is 0. The monoisotopic (exact) mass is 215 g/mol. The number of aryl methyl sites for hydroxylation is 2. The summed E-state index contributed by atoms with van der Waals surface area (Å²) in [6.45, 7) is 6.47. The van der Waals surface area contributed by atoms with Gasteiger partial charge in [-0.05, 0) is 36.6 Å². The van der Waals surface area contributed by atoms with Gasteiger partial charge >= 0.3 is 0 Å². The van der Waals surface area contributed by atoms with Crippen molar-refractivity contribution in [3.63, 3.8) is 0 Å². The zero-order valence-corrected chi connectivity index (χ0v) is 9.80. The topological polar surface area (TPSA) is 40.7 Å². The van der Waals surface area contributed by atoms with Crippen molar-refractivity contribution in [3.05, 3.63) is 29.1 Å². The third-order valence-corrected chi connectivity index (χ3v) is 3.51. The maximum Gasteiger partial charge on any atom is 0.112 e. The number of benzene rings is 1. The molecule has 1 aromatic heterocycles. The molecule has 16 heavy (non-hydrogen) atoms. The predicted molar refractivity (Wildman–Crippen MR) is 65.8 cm³/mol. The molecular weight excluding hydrogens is 198 g/mol. The molecule has 3 nitrogen and oxygen atoms in total. The summed E-state index contributed by atoms with van der Waals surface area (Å²) in [6, 6.07) is 4.44. The Balaban J connectivity index is 2.09. The van der Waals surface area contributed by atoms with E-state index in [0.29, 0.717) is 5.92 Å². The van der Waals surface area contributed by atoms with Gasteiger partial charge in [0.25, 0.3) is 0 Å². The van der Waals surface area contributed by atoms with Crippen molar-refractivity contribution in [2.75, 3.05) is 13.1 Å². The third-order valence-electron chi connectivity index (χ3n) is 3.51. The molecule has 0 amide bonds. The fraction of sp³-hybridized carbons (Fsp3) is 0.462. The van der Waals surface area contributed by atoms with Crippen LogP contribution in [0.15, 0.2) is 12.1 Å². The molecule has 0 unspecified atom stereocenters. The molecular formula is C13H17N3. The molecule has 1 aromatic carbocycles. The first kappa shape index (κ1) is 9.85. The van der Waals surface area contributed by atoms with Crippen LogP contribution in [0.5, 0.6) is 0 Å². The number of fused-ring (bicyclic) bond motifs is 1. The summed E-state index contributed by atoms with van der Waals surface area (Å²) in [7, 11) is 0. The second-order valence-corrected chi connectivity index (χ2v) is 4.63. The number of aromatic amines is 1. The maximum atomic E-state index is 4.69. The highest BCUT2D eigenvalue weighted by molar-refractivity contribution is 5.77. The van der Waals surface area contributed by atoms with Crippen molar-refractivity contribution in [1.82, 2.24) is 15.3 Å². The van der Waals surface area contributed by atoms with Crippen molar-refractivity contribution in [2.24, 2.45) is 0 Å². The molecule has 1 saturated heterocycles. The Morgan fingerprint density at radius 1 is 1.38 bits per heavy atom. The Hall–Kier alpha value is -1.35. The number of H-pyrrole nitrogens is 1. The zero-order valence-electron chi connectivity index (χ0n) is 9.80.